The average Bonchev–Trinajstić information content (AvgIpc) is 2.91. The summed E-state index contributed by atoms with van der Waals surface area (Å²) >= 11 is 6.81. The third-order valence-corrected chi connectivity index (χ3v) is 5.06. The van der Waals surface area contributed by atoms with Crippen molar-refractivity contribution in [2.45, 2.75) is 6.54 Å². The summed E-state index contributed by atoms with van der Waals surface area (Å²) in [6, 6.07) is 11.3. The van der Waals surface area contributed by atoms with Crippen LogP contribution in [0.4, 0.5) is 9.18 Å². The molecule has 0 aliphatic carbocycles. The van der Waals surface area contributed by atoms with Crippen LogP contribution in [-0.4, -0.2) is 22.7 Å². The second kappa shape index (κ2) is 8.41. The van der Waals surface area contributed by atoms with Crippen molar-refractivity contribution in [3.63, 3.8) is 0 Å². The van der Waals surface area contributed by atoms with E-state index in [4.69, 9.17) is 16.3 Å². The maximum atomic E-state index is 14.0. The number of carbonyl (C=O) groups excluding carboxylic acids is 2. The standard InChI is InChI=1S/C20H15ClFNO3S/c1-2-10-26-14-8-6-13(7-9-14)11-18-19(24)23(20(25)27-18)12-15-16(21)4-3-5-17(15)22/h2-9,11H,1,10,12H2/b18-11+. The predicted molar refractivity (Wildman–Crippen MR) is 105 cm³/mol. The van der Waals surface area contributed by atoms with Crippen LogP contribution < -0.4 is 4.74 Å². The van der Waals surface area contributed by atoms with Crippen molar-refractivity contribution < 1.29 is 18.7 Å². The quantitative estimate of drug-likeness (QED) is 0.486. The van der Waals surface area contributed by atoms with Crippen LogP contribution in [0.25, 0.3) is 6.08 Å². The molecule has 0 spiro atoms. The van der Waals surface area contributed by atoms with E-state index >= 15 is 0 Å². The first-order valence-corrected chi connectivity index (χ1v) is 9.21. The van der Waals surface area contributed by atoms with E-state index in [0.29, 0.717) is 12.4 Å². The van der Waals surface area contributed by atoms with Gasteiger partial charge in [0.15, 0.2) is 0 Å². The molecule has 27 heavy (non-hydrogen) atoms. The molecule has 1 aliphatic rings. The third kappa shape index (κ3) is 4.40. The van der Waals surface area contributed by atoms with Gasteiger partial charge in [0.25, 0.3) is 11.1 Å². The minimum Gasteiger partial charge on any atom is -0.490 e. The summed E-state index contributed by atoms with van der Waals surface area (Å²) in [6.07, 6.45) is 3.26. The Morgan fingerprint density at radius 1 is 1.19 bits per heavy atom. The van der Waals surface area contributed by atoms with Gasteiger partial charge in [-0.05, 0) is 47.7 Å². The molecule has 1 saturated heterocycles. The molecule has 0 saturated carbocycles. The number of carbonyl (C=O) groups is 2. The fourth-order valence-corrected chi connectivity index (χ4v) is 3.51. The van der Waals surface area contributed by atoms with Gasteiger partial charge in [-0.25, -0.2) is 4.39 Å². The molecule has 2 aromatic carbocycles. The summed E-state index contributed by atoms with van der Waals surface area (Å²) in [4.78, 5) is 26.0. The molecule has 1 heterocycles. The van der Waals surface area contributed by atoms with E-state index < -0.39 is 17.0 Å². The Morgan fingerprint density at radius 2 is 1.93 bits per heavy atom. The summed E-state index contributed by atoms with van der Waals surface area (Å²) < 4.78 is 19.4. The Morgan fingerprint density at radius 3 is 2.59 bits per heavy atom. The second-order valence-corrected chi connectivity index (χ2v) is 7.04. The van der Waals surface area contributed by atoms with Gasteiger partial charge in [0.2, 0.25) is 0 Å². The molecule has 1 aliphatic heterocycles. The van der Waals surface area contributed by atoms with Crippen molar-refractivity contribution >= 4 is 40.6 Å². The third-order valence-electron chi connectivity index (χ3n) is 3.80. The van der Waals surface area contributed by atoms with Gasteiger partial charge in [0.1, 0.15) is 18.2 Å². The summed E-state index contributed by atoms with van der Waals surface area (Å²) in [5.41, 5.74) is 0.863. The normalized spacial score (nSPS) is 15.5. The van der Waals surface area contributed by atoms with Gasteiger partial charge in [0, 0.05) is 10.6 Å². The van der Waals surface area contributed by atoms with Crippen molar-refractivity contribution in [3.8, 4) is 5.75 Å². The first-order valence-electron chi connectivity index (χ1n) is 8.01. The second-order valence-electron chi connectivity index (χ2n) is 5.64. The van der Waals surface area contributed by atoms with E-state index in [-0.39, 0.29) is 22.0 Å². The lowest BCUT2D eigenvalue weighted by Gasteiger charge is -2.14. The molecular formula is C20H15ClFNO3S. The Labute approximate surface area is 165 Å². The zero-order chi connectivity index (χ0) is 19.4. The maximum absolute atomic E-state index is 14.0. The molecule has 138 valence electrons. The number of imide groups is 1. The summed E-state index contributed by atoms with van der Waals surface area (Å²) in [5, 5.41) is -0.287. The van der Waals surface area contributed by atoms with Crippen LogP contribution in [-0.2, 0) is 11.3 Å². The first-order chi connectivity index (χ1) is 13.0. The fraction of sp³-hybridized carbons (Fsp3) is 0.100. The number of benzene rings is 2. The van der Waals surface area contributed by atoms with Gasteiger partial charge in [-0.2, -0.15) is 0 Å². The number of rotatable bonds is 6. The predicted octanol–water partition coefficient (Wildman–Crippen LogP) is 5.28. The highest BCUT2D eigenvalue weighted by molar-refractivity contribution is 8.18. The molecule has 7 heteroatoms. The summed E-state index contributed by atoms with van der Waals surface area (Å²) in [7, 11) is 0. The van der Waals surface area contributed by atoms with Crippen LogP contribution in [0, 0.1) is 5.82 Å². The Bertz CT molecular complexity index is 907. The van der Waals surface area contributed by atoms with Gasteiger partial charge in [-0.3, -0.25) is 14.5 Å². The van der Waals surface area contributed by atoms with Gasteiger partial charge >= 0.3 is 0 Å². The Kier molecular flexibility index (Phi) is 5.98. The van der Waals surface area contributed by atoms with Gasteiger partial charge in [0.05, 0.1) is 11.4 Å². The SMILES string of the molecule is C=CCOc1ccc(/C=C2/SC(=O)N(Cc3c(F)cccc3Cl)C2=O)cc1. The highest BCUT2D eigenvalue weighted by atomic mass is 35.5. The first kappa shape index (κ1) is 19.2. The molecule has 0 bridgehead atoms. The van der Waals surface area contributed by atoms with Crippen LogP contribution in [0.1, 0.15) is 11.1 Å². The van der Waals surface area contributed by atoms with E-state index in [2.05, 4.69) is 6.58 Å². The molecule has 1 fully saturated rings. The van der Waals surface area contributed by atoms with Crippen molar-refractivity contribution in [1.82, 2.24) is 4.90 Å². The maximum Gasteiger partial charge on any atom is 0.293 e. The zero-order valence-corrected chi connectivity index (χ0v) is 15.7. The topological polar surface area (TPSA) is 46.6 Å². The molecule has 2 aromatic rings. The largest absolute Gasteiger partial charge is 0.490 e. The lowest BCUT2D eigenvalue weighted by Crippen LogP contribution is -2.28. The summed E-state index contributed by atoms with van der Waals surface area (Å²) in [6.45, 7) is 3.78. The molecule has 0 atom stereocenters. The van der Waals surface area contributed by atoms with E-state index in [1.807, 2.05) is 0 Å². The number of hydrogen-bond donors (Lipinski definition) is 0. The van der Waals surface area contributed by atoms with Gasteiger partial charge < -0.3 is 4.74 Å². The fourth-order valence-electron chi connectivity index (χ4n) is 2.44. The molecule has 0 unspecified atom stereocenters. The van der Waals surface area contributed by atoms with Crippen LogP contribution >= 0.6 is 23.4 Å². The van der Waals surface area contributed by atoms with E-state index in [0.717, 1.165) is 22.2 Å². The lowest BCUT2D eigenvalue weighted by atomic mass is 10.2. The van der Waals surface area contributed by atoms with Crippen LogP contribution in [0.2, 0.25) is 5.02 Å². The molecule has 0 aromatic heterocycles. The van der Waals surface area contributed by atoms with Crippen molar-refractivity contribution in [2.24, 2.45) is 0 Å². The van der Waals surface area contributed by atoms with E-state index in [9.17, 15) is 14.0 Å². The smallest absolute Gasteiger partial charge is 0.293 e. The van der Waals surface area contributed by atoms with Crippen LogP contribution in [0.5, 0.6) is 5.75 Å². The monoisotopic (exact) mass is 403 g/mol. The van der Waals surface area contributed by atoms with Gasteiger partial charge in [-0.15, -0.1) is 0 Å². The molecular weight excluding hydrogens is 389 g/mol. The Hall–Kier alpha value is -2.57. The molecule has 3 rings (SSSR count). The highest BCUT2D eigenvalue weighted by Crippen LogP contribution is 2.34. The highest BCUT2D eigenvalue weighted by Gasteiger charge is 2.35. The lowest BCUT2D eigenvalue weighted by molar-refractivity contribution is -0.123. The number of ether oxygens (including phenoxy) is 1. The van der Waals surface area contributed by atoms with E-state index in [1.165, 1.54) is 18.2 Å². The van der Waals surface area contributed by atoms with Crippen molar-refractivity contribution in [2.75, 3.05) is 6.61 Å². The number of hydrogen-bond acceptors (Lipinski definition) is 4. The summed E-state index contributed by atoms with van der Waals surface area (Å²) in [5.74, 6) is -0.355. The molecule has 4 nitrogen and oxygen atoms in total. The zero-order valence-electron chi connectivity index (χ0n) is 14.2. The number of thioether (sulfide) groups is 1. The number of nitrogens with zero attached hydrogens (tertiary/aromatic N) is 1. The number of amides is 2. The molecule has 0 radical (unpaired) electrons. The number of halogens is 2. The van der Waals surface area contributed by atoms with Crippen LogP contribution in [0.15, 0.2) is 60.0 Å². The van der Waals surface area contributed by atoms with Gasteiger partial charge in [-0.1, -0.05) is 42.5 Å². The van der Waals surface area contributed by atoms with Crippen molar-refractivity contribution in [1.29, 1.82) is 0 Å². The average molecular weight is 404 g/mol. The molecule has 0 N–H and O–H groups in total. The van der Waals surface area contributed by atoms with Crippen molar-refractivity contribution in [3.05, 3.63) is 82.0 Å². The van der Waals surface area contributed by atoms with E-state index in [1.54, 1.807) is 36.4 Å². The Balaban J connectivity index is 1.77. The minimum absolute atomic E-state index is 0.117. The minimum atomic E-state index is -0.555. The molecule has 2 amide bonds. The van der Waals surface area contributed by atoms with Crippen LogP contribution in [0.3, 0.4) is 0 Å².